The van der Waals surface area contributed by atoms with Crippen LogP contribution >= 0.6 is 0 Å². The molecule has 1 heterocycles. The molecule has 1 aromatic carbocycles. The van der Waals surface area contributed by atoms with E-state index in [1.54, 1.807) is 12.1 Å². The summed E-state index contributed by atoms with van der Waals surface area (Å²) in [6.07, 6.45) is 2.19. The van der Waals surface area contributed by atoms with Crippen LogP contribution in [0.25, 0.3) is 0 Å². The van der Waals surface area contributed by atoms with Gasteiger partial charge in [0.1, 0.15) is 0 Å². The third kappa shape index (κ3) is 6.51. The van der Waals surface area contributed by atoms with E-state index >= 15 is 0 Å². The van der Waals surface area contributed by atoms with Gasteiger partial charge >= 0.3 is 0 Å². The zero-order valence-electron chi connectivity index (χ0n) is 17.4. The molecule has 0 aliphatic rings. The van der Waals surface area contributed by atoms with E-state index in [0.717, 1.165) is 17.1 Å². The first-order valence-electron chi connectivity index (χ1n) is 9.60. The van der Waals surface area contributed by atoms with Gasteiger partial charge in [-0.15, -0.1) is 0 Å². The van der Waals surface area contributed by atoms with E-state index in [0.29, 0.717) is 38.4 Å². The highest BCUT2D eigenvalue weighted by Gasteiger charge is 2.12. The Kier molecular flexibility index (Phi) is 8.51. The van der Waals surface area contributed by atoms with Crippen LogP contribution in [0.3, 0.4) is 0 Å². The van der Waals surface area contributed by atoms with Gasteiger partial charge in [-0.3, -0.25) is 9.79 Å². The summed E-state index contributed by atoms with van der Waals surface area (Å²) in [5, 5.41) is 6.05. The van der Waals surface area contributed by atoms with Crippen LogP contribution in [0, 0.1) is 12.7 Å². The van der Waals surface area contributed by atoms with E-state index in [2.05, 4.69) is 15.6 Å². The van der Waals surface area contributed by atoms with Crippen LogP contribution in [-0.2, 0) is 6.54 Å². The minimum absolute atomic E-state index is 0.220. The number of ether oxygens (including phenoxy) is 1. The molecule has 2 aromatic rings. The quantitative estimate of drug-likeness (QED) is 0.382. The molecule has 0 spiro atoms. The van der Waals surface area contributed by atoms with E-state index in [9.17, 15) is 9.18 Å². The van der Waals surface area contributed by atoms with Crippen molar-refractivity contribution < 1.29 is 18.3 Å². The van der Waals surface area contributed by atoms with E-state index in [4.69, 9.17) is 9.15 Å². The molecule has 0 aliphatic carbocycles. The third-order valence-electron chi connectivity index (χ3n) is 4.28. The van der Waals surface area contributed by atoms with Gasteiger partial charge in [0.2, 0.25) is 0 Å². The second-order valence-corrected chi connectivity index (χ2v) is 6.60. The number of furan rings is 1. The minimum atomic E-state index is -0.386. The van der Waals surface area contributed by atoms with Crippen molar-refractivity contribution in [2.24, 2.45) is 4.99 Å². The van der Waals surface area contributed by atoms with Crippen molar-refractivity contribution in [1.29, 1.82) is 0 Å². The smallest absolute Gasteiger partial charge is 0.287 e. The number of nitrogens with zero attached hydrogens (tertiary/aromatic N) is 2. The normalized spacial score (nSPS) is 11.3. The van der Waals surface area contributed by atoms with Crippen molar-refractivity contribution in [3.63, 3.8) is 0 Å². The van der Waals surface area contributed by atoms with Gasteiger partial charge < -0.3 is 24.7 Å². The molecule has 7 nitrogen and oxygen atoms in total. The number of hydrogen-bond donors (Lipinski definition) is 2. The van der Waals surface area contributed by atoms with Gasteiger partial charge in [0.15, 0.2) is 23.3 Å². The number of nitrogens with one attached hydrogen (secondary N) is 2. The number of halogens is 1. The largest absolute Gasteiger partial charge is 0.494 e. The highest BCUT2D eigenvalue weighted by Crippen LogP contribution is 2.18. The van der Waals surface area contributed by atoms with Crippen molar-refractivity contribution >= 4 is 11.9 Å². The van der Waals surface area contributed by atoms with Crippen molar-refractivity contribution in [1.82, 2.24) is 15.5 Å². The molecule has 0 fully saturated rings. The fourth-order valence-corrected chi connectivity index (χ4v) is 2.78. The summed E-state index contributed by atoms with van der Waals surface area (Å²) >= 11 is 0. The molecule has 8 heteroatoms. The van der Waals surface area contributed by atoms with E-state index < -0.39 is 0 Å². The fourth-order valence-electron chi connectivity index (χ4n) is 2.78. The number of guanidine groups is 1. The topological polar surface area (TPSA) is 79.1 Å². The van der Waals surface area contributed by atoms with Crippen molar-refractivity contribution in [3.05, 3.63) is 53.2 Å². The molecule has 1 aromatic heterocycles. The summed E-state index contributed by atoms with van der Waals surface area (Å²) < 4.78 is 24.0. The lowest BCUT2D eigenvalue weighted by molar-refractivity contribution is 0.0925. The second-order valence-electron chi connectivity index (χ2n) is 6.60. The lowest BCUT2D eigenvalue weighted by Crippen LogP contribution is -2.38. The van der Waals surface area contributed by atoms with E-state index in [1.165, 1.54) is 19.4 Å². The van der Waals surface area contributed by atoms with Crippen molar-refractivity contribution in [2.45, 2.75) is 26.8 Å². The summed E-state index contributed by atoms with van der Waals surface area (Å²) in [6, 6.07) is 6.66. The predicted octanol–water partition coefficient (Wildman–Crippen LogP) is 2.95. The van der Waals surface area contributed by atoms with Gasteiger partial charge in [0.25, 0.3) is 5.91 Å². The van der Waals surface area contributed by atoms with Gasteiger partial charge in [-0.25, -0.2) is 4.39 Å². The number of carbonyl (C=O) groups is 1. The maximum atomic E-state index is 13.9. The zero-order chi connectivity index (χ0) is 21.2. The Morgan fingerprint density at radius 3 is 2.72 bits per heavy atom. The van der Waals surface area contributed by atoms with Gasteiger partial charge in [-0.2, -0.15) is 0 Å². The Bertz CT molecular complexity index is 835. The molecule has 0 unspecified atom stereocenters. The molecule has 1 amide bonds. The number of carbonyl (C=O) groups excluding carboxylic acids is 1. The Morgan fingerprint density at radius 2 is 2.10 bits per heavy atom. The first-order valence-corrected chi connectivity index (χ1v) is 9.60. The van der Waals surface area contributed by atoms with Crippen LogP contribution in [0.4, 0.5) is 4.39 Å². The molecule has 0 radical (unpaired) electrons. The molecule has 0 bridgehead atoms. The molecule has 0 aliphatic heterocycles. The lowest BCUT2D eigenvalue weighted by Gasteiger charge is -2.22. The summed E-state index contributed by atoms with van der Waals surface area (Å²) in [7, 11) is 3.34. The van der Waals surface area contributed by atoms with Crippen LogP contribution in [0.1, 0.15) is 35.0 Å². The molecule has 0 saturated carbocycles. The summed E-state index contributed by atoms with van der Waals surface area (Å²) in [5.74, 6) is 0.680. The van der Waals surface area contributed by atoms with Crippen LogP contribution in [0.5, 0.6) is 5.75 Å². The number of rotatable bonds is 9. The number of amides is 1. The Labute approximate surface area is 170 Å². The number of aliphatic imine (C=N–C) groups is 1. The van der Waals surface area contributed by atoms with Crippen LogP contribution in [0.15, 0.2) is 39.9 Å². The van der Waals surface area contributed by atoms with Crippen LogP contribution < -0.4 is 15.4 Å². The monoisotopic (exact) mass is 404 g/mol. The van der Waals surface area contributed by atoms with Crippen molar-refractivity contribution in [2.75, 3.05) is 33.8 Å². The maximum Gasteiger partial charge on any atom is 0.287 e. The number of methoxy groups -OCH3 is 1. The fraction of sp³-hybridized carbons (Fsp3) is 0.429. The summed E-state index contributed by atoms with van der Waals surface area (Å²) in [6.45, 7) is 6.07. The highest BCUT2D eigenvalue weighted by molar-refractivity contribution is 5.92. The molecule has 2 rings (SSSR count). The van der Waals surface area contributed by atoms with Crippen LogP contribution in [-0.4, -0.2) is 50.6 Å². The Balaban J connectivity index is 1.85. The molecular formula is C21H29FN4O3. The van der Waals surface area contributed by atoms with Crippen molar-refractivity contribution in [3.8, 4) is 5.75 Å². The minimum Gasteiger partial charge on any atom is -0.494 e. The molecule has 0 saturated heterocycles. The van der Waals surface area contributed by atoms with Gasteiger partial charge in [-0.05, 0) is 44.0 Å². The lowest BCUT2D eigenvalue weighted by atomic mass is 10.2. The number of aryl methyl sites for hydroxylation is 1. The Morgan fingerprint density at radius 1 is 1.31 bits per heavy atom. The average molecular weight is 404 g/mol. The van der Waals surface area contributed by atoms with Crippen LogP contribution in [0.2, 0.25) is 0 Å². The van der Waals surface area contributed by atoms with Gasteiger partial charge in [0.05, 0.1) is 13.4 Å². The Hall–Kier alpha value is -3.03. The SMILES string of the molecule is CCNC(=NCCCNC(=O)c1occc1C)N(C)Cc1ccc(OC)c(F)c1. The average Bonchev–Trinajstić information content (AvgIpc) is 3.13. The third-order valence-corrected chi connectivity index (χ3v) is 4.28. The summed E-state index contributed by atoms with van der Waals surface area (Å²) in [5.41, 5.74) is 1.63. The molecular weight excluding hydrogens is 375 g/mol. The standard InChI is InChI=1S/C21H29FN4O3/c1-5-23-21(26(3)14-16-7-8-18(28-4)17(22)13-16)25-11-6-10-24-20(27)19-15(2)9-12-29-19/h7-9,12-13H,5-6,10-11,14H2,1-4H3,(H,23,25)(H,24,27). The zero-order valence-corrected chi connectivity index (χ0v) is 17.4. The second kappa shape index (κ2) is 11.1. The summed E-state index contributed by atoms with van der Waals surface area (Å²) in [4.78, 5) is 18.5. The molecule has 158 valence electrons. The first-order chi connectivity index (χ1) is 14.0. The van der Waals surface area contributed by atoms with E-state index in [1.807, 2.05) is 31.9 Å². The predicted molar refractivity (Wildman–Crippen MR) is 111 cm³/mol. The van der Waals surface area contributed by atoms with E-state index in [-0.39, 0.29) is 17.5 Å². The number of benzene rings is 1. The highest BCUT2D eigenvalue weighted by atomic mass is 19.1. The van der Waals surface area contributed by atoms with Gasteiger partial charge in [-0.1, -0.05) is 6.07 Å². The molecule has 0 atom stereocenters. The maximum absolute atomic E-state index is 13.9. The van der Waals surface area contributed by atoms with Gasteiger partial charge in [0, 0.05) is 38.8 Å². The molecule has 29 heavy (non-hydrogen) atoms. The first kappa shape index (κ1) is 22.3. The number of hydrogen-bond acceptors (Lipinski definition) is 4. The molecule has 2 N–H and O–H groups in total.